The zero-order chi connectivity index (χ0) is 24.9. The first kappa shape index (κ1) is 65.3. The molecule has 0 rings (SSSR count). The van der Waals surface area contributed by atoms with Gasteiger partial charge in [-0.05, 0) is 0 Å². The molecule has 0 saturated carbocycles. The van der Waals surface area contributed by atoms with E-state index in [9.17, 15) is 28.8 Å². The van der Waals surface area contributed by atoms with Gasteiger partial charge < -0.3 is 88.7 Å². The molecule has 0 aromatic heterocycles. The predicted octanol–water partition coefficient (Wildman–Crippen LogP) is -10.5. The van der Waals surface area contributed by atoms with E-state index in [0.717, 1.165) is 0 Å². The van der Waals surface area contributed by atoms with Crippen LogP contribution in [0.1, 0.15) is 0 Å². The van der Waals surface area contributed by atoms with Gasteiger partial charge in [0.15, 0.2) is 36.6 Å². The van der Waals surface area contributed by atoms with Crippen molar-refractivity contribution in [2.24, 2.45) is 0 Å². The first-order valence-electron chi connectivity index (χ1n) is 6.85. The average molecular weight is 822 g/mol. The second kappa shape index (κ2) is 33.1. The molecule has 23 nitrogen and oxygen atoms in total. The summed E-state index contributed by atoms with van der Waals surface area (Å²) in [6, 6.07) is 0. The maximum atomic E-state index is 9.77. The molecule has 6 atom stereocenters. The van der Waals surface area contributed by atoms with Crippen LogP contribution in [0.3, 0.4) is 0 Å². The minimum atomic E-state index is -2.27. The van der Waals surface area contributed by atoms with Crippen molar-refractivity contribution in [1.29, 1.82) is 0 Å². The van der Waals surface area contributed by atoms with Gasteiger partial charge in [0.05, 0.1) is 0 Å². The average Bonchev–Trinajstić information content (AvgIpc) is 2.64. The first-order valence-corrected chi connectivity index (χ1v) is 6.85. The van der Waals surface area contributed by atoms with Gasteiger partial charge >= 0.3 is 35.8 Å². The maximum absolute atomic E-state index is 9.77. The summed E-state index contributed by atoms with van der Waals surface area (Å²) in [6.45, 7) is 0. The summed E-state index contributed by atoms with van der Waals surface area (Å²) in [6.07, 6.45) is -13.6. The number of carbonyl (C=O) groups is 6. The number of carboxylic acids is 6. The maximum Gasteiger partial charge on any atom is 0.335 e. The van der Waals surface area contributed by atoms with Crippen LogP contribution in [0.2, 0.25) is 0 Å². The summed E-state index contributed by atoms with van der Waals surface area (Å²) in [7, 11) is 0. The smallest absolute Gasteiger partial charge is 0.335 e. The predicted molar refractivity (Wildman–Crippen MR) is 99.9 cm³/mol. The molecular weight excluding hydrogens is 794 g/mol. The molecule has 0 aromatic carbocycles. The van der Waals surface area contributed by atoms with Gasteiger partial charge in [0.2, 0.25) is 0 Å². The quantitative estimate of drug-likeness (QED) is 0.103. The van der Waals surface area contributed by atoms with Crippen LogP contribution in [-0.2, 0) is 28.8 Å². The van der Waals surface area contributed by atoms with Gasteiger partial charge in [-0.25, -0.2) is 28.8 Å². The molecule has 2 radical (unpaired) electrons. The Balaban J connectivity index is -0.0000000337. The Hall–Kier alpha value is -0.893. The molecule has 0 heterocycles. The molecule has 0 aliphatic carbocycles. The van der Waals surface area contributed by atoms with Crippen LogP contribution in [-0.4, -0.2) is 161 Å². The topological polar surface area (TPSA) is 503 Å². The van der Waals surface area contributed by atoms with Crippen LogP contribution >= 0.6 is 0 Å². The molecule has 0 aromatic rings. The Labute approximate surface area is 270 Å². The standard InChI is InChI=1S/3C4H6O6.5H2O.2Pr/c3*5-1(3(7)8)2(6)4(9)10;;;;;;;/h3*1-2,5-6H,(H,7,8)(H,9,10);5*1H2;;. The van der Waals surface area contributed by atoms with Gasteiger partial charge in [0, 0.05) is 82.6 Å². The van der Waals surface area contributed by atoms with Crippen molar-refractivity contribution >= 4 is 35.8 Å². The fraction of sp³-hybridized carbons (Fsp3) is 0.500. The third-order valence-electron chi connectivity index (χ3n) is 2.42. The molecule has 0 fully saturated rings. The number of hydrogen-bond acceptors (Lipinski definition) is 12. The molecule has 25 heteroatoms. The first-order chi connectivity index (χ1) is 13.4. The summed E-state index contributed by atoms with van der Waals surface area (Å²) < 4.78 is 0. The number of aliphatic hydroxyl groups is 6. The number of aliphatic carboxylic acids is 6. The van der Waals surface area contributed by atoms with Crippen LogP contribution in [0.4, 0.5) is 0 Å². The zero-order valence-corrected chi connectivity index (χ0v) is 25.3. The van der Waals surface area contributed by atoms with E-state index in [2.05, 4.69) is 0 Å². The molecule has 0 bridgehead atoms. The largest absolute Gasteiger partial charge is 0.479 e. The number of carboxylic acid groups (broad SMARTS) is 6. The fourth-order valence-corrected chi connectivity index (χ4v) is 0.810. The van der Waals surface area contributed by atoms with Gasteiger partial charge in [-0.3, -0.25) is 0 Å². The molecule has 0 aliphatic heterocycles. The van der Waals surface area contributed by atoms with Crippen molar-refractivity contribution in [2.45, 2.75) is 36.6 Å². The normalized spacial score (nSPS) is 12.8. The van der Waals surface area contributed by atoms with Crippen molar-refractivity contribution < 1.29 is 200 Å². The van der Waals surface area contributed by atoms with Crippen LogP contribution in [0.5, 0.6) is 0 Å². The third-order valence-corrected chi connectivity index (χ3v) is 2.42. The molecular formula is C12H28O23Pr2. The van der Waals surface area contributed by atoms with Crippen molar-refractivity contribution in [3.63, 3.8) is 0 Å². The molecule has 220 valence electrons. The summed E-state index contributed by atoms with van der Waals surface area (Å²) in [5.41, 5.74) is 0. The Bertz CT molecular complexity index is 502. The molecule has 37 heavy (non-hydrogen) atoms. The van der Waals surface area contributed by atoms with E-state index in [1.807, 2.05) is 0 Å². The van der Waals surface area contributed by atoms with E-state index >= 15 is 0 Å². The van der Waals surface area contributed by atoms with E-state index in [0.29, 0.717) is 0 Å². The van der Waals surface area contributed by atoms with Crippen LogP contribution in [0.25, 0.3) is 0 Å². The monoisotopic (exact) mass is 822 g/mol. The molecule has 22 N–H and O–H groups in total. The summed E-state index contributed by atoms with van der Waals surface area (Å²) in [4.78, 5) is 58.6. The zero-order valence-electron chi connectivity index (χ0n) is 17.9. The van der Waals surface area contributed by atoms with E-state index < -0.39 is 72.4 Å². The molecule has 0 spiro atoms. The molecule has 6 unspecified atom stereocenters. The Kier molecular flexibility index (Phi) is 58.5. The van der Waals surface area contributed by atoms with Gasteiger partial charge in [0.1, 0.15) is 0 Å². The van der Waals surface area contributed by atoms with E-state index in [-0.39, 0.29) is 110 Å². The van der Waals surface area contributed by atoms with E-state index in [1.54, 1.807) is 0 Å². The summed E-state index contributed by atoms with van der Waals surface area (Å²) >= 11 is 0. The molecule has 0 saturated heterocycles. The number of rotatable bonds is 9. The second-order valence-electron chi connectivity index (χ2n) is 4.70. The second-order valence-corrected chi connectivity index (χ2v) is 4.70. The third kappa shape index (κ3) is 31.2. The van der Waals surface area contributed by atoms with Crippen LogP contribution in [0, 0.1) is 82.6 Å². The fourth-order valence-electron chi connectivity index (χ4n) is 0.810. The van der Waals surface area contributed by atoms with Gasteiger partial charge in [-0.15, -0.1) is 0 Å². The van der Waals surface area contributed by atoms with E-state index in [1.165, 1.54) is 0 Å². The van der Waals surface area contributed by atoms with E-state index in [4.69, 9.17) is 61.3 Å². The Morgan fingerprint density at radius 2 is 0.351 bits per heavy atom. The van der Waals surface area contributed by atoms with Gasteiger partial charge in [0.25, 0.3) is 0 Å². The Morgan fingerprint density at radius 1 is 0.297 bits per heavy atom. The van der Waals surface area contributed by atoms with Gasteiger partial charge in [-0.2, -0.15) is 0 Å². The molecule has 0 amide bonds. The number of hydrogen-bond donors (Lipinski definition) is 12. The summed E-state index contributed by atoms with van der Waals surface area (Å²) in [5, 5.41) is 97.6. The van der Waals surface area contributed by atoms with Crippen molar-refractivity contribution in [1.82, 2.24) is 0 Å². The van der Waals surface area contributed by atoms with Crippen molar-refractivity contribution in [3.8, 4) is 0 Å². The minimum Gasteiger partial charge on any atom is -0.479 e. The van der Waals surface area contributed by atoms with Gasteiger partial charge in [-0.1, -0.05) is 0 Å². The van der Waals surface area contributed by atoms with Crippen LogP contribution in [0.15, 0.2) is 0 Å². The van der Waals surface area contributed by atoms with Crippen LogP contribution < -0.4 is 0 Å². The van der Waals surface area contributed by atoms with Crippen molar-refractivity contribution in [2.75, 3.05) is 0 Å². The summed E-state index contributed by atoms with van der Waals surface area (Å²) in [5.74, 6) is -10.6. The Morgan fingerprint density at radius 3 is 0.378 bits per heavy atom. The number of aliphatic hydroxyl groups excluding tert-OH is 6. The van der Waals surface area contributed by atoms with Crippen molar-refractivity contribution in [3.05, 3.63) is 0 Å². The minimum absolute atomic E-state index is 0. The SMILES string of the molecule is O.O.O.O.O.O=C(O)C(O)C(O)C(=O)O.O=C(O)C(O)C(O)C(=O)O.O=C(O)C(O)C(O)C(=O)O.[Pr].[Pr]. The molecule has 0 aliphatic rings.